The highest BCUT2D eigenvalue weighted by Crippen LogP contribution is 2.34. The van der Waals surface area contributed by atoms with Crippen molar-refractivity contribution in [3.8, 4) is 0 Å². The number of halogens is 3. The molecule has 1 N–H and O–H groups in total. The highest BCUT2D eigenvalue weighted by atomic mass is 35.5. The summed E-state index contributed by atoms with van der Waals surface area (Å²) in [6, 6.07) is 6.26. The molecule has 0 spiro atoms. The van der Waals surface area contributed by atoms with Crippen LogP contribution in [-0.2, 0) is 26.9 Å². The molecule has 0 aromatic heterocycles. The van der Waals surface area contributed by atoms with E-state index in [2.05, 4.69) is 5.32 Å². The van der Waals surface area contributed by atoms with Gasteiger partial charge in [0.05, 0.1) is 0 Å². The Balaban J connectivity index is 1.57. The number of fused-ring (bicyclic) bond motifs is 1. The number of piperidine rings is 1. The van der Waals surface area contributed by atoms with Crippen molar-refractivity contribution >= 4 is 64.4 Å². The molecule has 0 bridgehead atoms. The molecule has 0 saturated carbocycles. The van der Waals surface area contributed by atoms with Gasteiger partial charge in [0.1, 0.15) is 21.7 Å². The normalized spacial score (nSPS) is 18.8. The Morgan fingerprint density at radius 3 is 2.49 bits per heavy atom. The number of hydrogen-bond acceptors (Lipinski definition) is 4. The average Bonchev–Trinajstić information content (AvgIpc) is 3.12. The van der Waals surface area contributed by atoms with E-state index < -0.39 is 47.1 Å². The Morgan fingerprint density at radius 2 is 1.86 bits per heavy atom. The highest BCUT2D eigenvalue weighted by Gasteiger charge is 2.44. The lowest BCUT2D eigenvalue weighted by molar-refractivity contribution is -0.154. The standard InChI is InChI=1S/C22H15B3ClF2N3O4/c23-15-8-13-10(9-30(20(13)34)16-5-6-17(32)29-19(16)33)7-14(15)18(24)31(25)21(35)22(27,28)11-1-3-12(26)4-2-11/h1-4,7-8,16,18H,5-6,9H2,(H,29,32,33). The number of benzene rings is 2. The zero-order valence-electron chi connectivity index (χ0n) is 18.1. The smallest absolute Gasteiger partial charge is 0.348 e. The molecule has 2 aliphatic rings. The van der Waals surface area contributed by atoms with Crippen LogP contribution >= 0.6 is 11.6 Å². The van der Waals surface area contributed by atoms with Crippen LogP contribution in [0.2, 0.25) is 5.02 Å². The second-order valence-corrected chi connectivity index (χ2v) is 8.71. The first kappa shape index (κ1) is 25.0. The summed E-state index contributed by atoms with van der Waals surface area (Å²) in [6.07, 6.45) is 0.248. The SMILES string of the molecule is [B]c1cc2c(cc1C([B])N([B])C(=O)C(F)(F)c1ccc(Cl)cc1)CN(C1CCC(=O)NC1=O)C2=O. The van der Waals surface area contributed by atoms with Gasteiger partial charge in [-0.3, -0.25) is 24.5 Å². The van der Waals surface area contributed by atoms with Crippen molar-refractivity contribution in [1.82, 2.24) is 15.0 Å². The van der Waals surface area contributed by atoms with Crippen molar-refractivity contribution in [3.63, 3.8) is 0 Å². The fraction of sp³-hybridized carbons (Fsp3) is 0.273. The monoisotopic (exact) mass is 491 g/mol. The van der Waals surface area contributed by atoms with Crippen LogP contribution in [-0.4, -0.2) is 63.1 Å². The van der Waals surface area contributed by atoms with Crippen LogP contribution in [0.5, 0.6) is 0 Å². The molecule has 1 fully saturated rings. The van der Waals surface area contributed by atoms with Gasteiger partial charge in [0, 0.05) is 35.1 Å². The maximum atomic E-state index is 14.8. The van der Waals surface area contributed by atoms with Gasteiger partial charge in [-0.05, 0) is 29.7 Å². The van der Waals surface area contributed by atoms with Crippen molar-refractivity contribution < 1.29 is 28.0 Å². The lowest BCUT2D eigenvalue weighted by atomic mass is 9.76. The summed E-state index contributed by atoms with van der Waals surface area (Å²) < 4.78 is 29.6. The molecule has 2 atom stereocenters. The average molecular weight is 491 g/mol. The topological polar surface area (TPSA) is 86.8 Å². The van der Waals surface area contributed by atoms with Gasteiger partial charge in [-0.25, -0.2) is 0 Å². The number of rotatable bonds is 5. The number of imide groups is 1. The maximum absolute atomic E-state index is 14.8. The molecule has 2 heterocycles. The molecule has 2 unspecified atom stereocenters. The van der Waals surface area contributed by atoms with Crippen LogP contribution in [0.3, 0.4) is 0 Å². The minimum atomic E-state index is -4.00. The summed E-state index contributed by atoms with van der Waals surface area (Å²) >= 11 is 5.72. The highest BCUT2D eigenvalue weighted by molar-refractivity contribution is 6.35. The molecule has 6 radical (unpaired) electrons. The van der Waals surface area contributed by atoms with Crippen LogP contribution in [0.15, 0.2) is 36.4 Å². The first-order valence-electron chi connectivity index (χ1n) is 10.5. The van der Waals surface area contributed by atoms with E-state index in [1.807, 2.05) is 0 Å². The molecule has 172 valence electrons. The third-order valence-electron chi connectivity index (χ3n) is 6.06. The molecule has 1 saturated heterocycles. The van der Waals surface area contributed by atoms with E-state index in [4.69, 9.17) is 35.3 Å². The van der Waals surface area contributed by atoms with Crippen molar-refractivity contribution in [3.05, 3.63) is 63.7 Å². The summed E-state index contributed by atoms with van der Waals surface area (Å²) in [4.78, 5) is 50.5. The van der Waals surface area contributed by atoms with E-state index in [9.17, 15) is 28.0 Å². The zero-order chi connectivity index (χ0) is 25.7. The summed E-state index contributed by atoms with van der Waals surface area (Å²) in [7, 11) is 17.8. The van der Waals surface area contributed by atoms with Gasteiger partial charge >= 0.3 is 5.92 Å². The Kier molecular flexibility index (Phi) is 6.53. The van der Waals surface area contributed by atoms with Gasteiger partial charge < -0.3 is 9.71 Å². The van der Waals surface area contributed by atoms with E-state index in [1.165, 1.54) is 29.2 Å². The summed E-state index contributed by atoms with van der Waals surface area (Å²) in [5.74, 6) is -8.82. The van der Waals surface area contributed by atoms with E-state index in [1.54, 1.807) is 0 Å². The Labute approximate surface area is 208 Å². The van der Waals surface area contributed by atoms with Crippen molar-refractivity contribution in [2.75, 3.05) is 0 Å². The van der Waals surface area contributed by atoms with Gasteiger partial charge in [-0.15, -0.1) is 0 Å². The largest absolute Gasteiger partial charge is 0.393 e. The fourth-order valence-electron chi connectivity index (χ4n) is 4.13. The molecule has 4 amide bonds. The quantitative estimate of drug-likeness (QED) is 0.495. The van der Waals surface area contributed by atoms with Gasteiger partial charge in [0.2, 0.25) is 19.8 Å². The summed E-state index contributed by atoms with van der Waals surface area (Å²) in [5.41, 5.74) is -0.00614. The van der Waals surface area contributed by atoms with E-state index >= 15 is 0 Å². The van der Waals surface area contributed by atoms with Crippen molar-refractivity contribution in [1.29, 1.82) is 0 Å². The number of carbonyl (C=O) groups is 4. The van der Waals surface area contributed by atoms with Crippen molar-refractivity contribution in [2.24, 2.45) is 0 Å². The minimum absolute atomic E-state index is 0.000103. The molecule has 2 aromatic rings. The number of carbonyl (C=O) groups excluding carboxylic acids is 4. The second-order valence-electron chi connectivity index (χ2n) is 8.28. The number of nitrogens with zero attached hydrogens (tertiary/aromatic N) is 2. The predicted octanol–water partition coefficient (Wildman–Crippen LogP) is 0.766. The minimum Gasteiger partial charge on any atom is -0.393 e. The second kappa shape index (κ2) is 9.15. The Bertz CT molecular complexity index is 1250. The molecule has 7 nitrogen and oxygen atoms in total. The Hall–Kier alpha value is -3.14. The maximum Gasteiger partial charge on any atom is 0.348 e. The van der Waals surface area contributed by atoms with Gasteiger partial charge in [-0.2, -0.15) is 8.78 Å². The number of nitrogens with one attached hydrogen (secondary N) is 1. The molecule has 2 aliphatic heterocycles. The molecule has 35 heavy (non-hydrogen) atoms. The summed E-state index contributed by atoms with van der Waals surface area (Å²) in [6.45, 7) is -0.000103. The van der Waals surface area contributed by atoms with E-state index in [-0.39, 0.29) is 45.8 Å². The van der Waals surface area contributed by atoms with Crippen LogP contribution < -0.4 is 10.8 Å². The van der Waals surface area contributed by atoms with Gasteiger partial charge in [-0.1, -0.05) is 41.3 Å². The number of amides is 4. The van der Waals surface area contributed by atoms with Crippen LogP contribution in [0, 0.1) is 0 Å². The molecular weight excluding hydrogens is 476 g/mol. The molecule has 13 heteroatoms. The van der Waals surface area contributed by atoms with Gasteiger partial charge in [0.25, 0.3) is 11.8 Å². The van der Waals surface area contributed by atoms with E-state index in [0.29, 0.717) is 5.56 Å². The van der Waals surface area contributed by atoms with Crippen LogP contribution in [0.25, 0.3) is 0 Å². The first-order chi connectivity index (χ1) is 16.4. The lowest BCUT2D eigenvalue weighted by Gasteiger charge is -2.31. The number of hydrogen-bond donors (Lipinski definition) is 1. The van der Waals surface area contributed by atoms with Crippen LogP contribution in [0.1, 0.15) is 45.8 Å². The molecule has 4 rings (SSSR count). The van der Waals surface area contributed by atoms with E-state index in [0.717, 1.165) is 12.1 Å². The molecule has 0 aliphatic carbocycles. The van der Waals surface area contributed by atoms with Crippen LogP contribution in [0.4, 0.5) is 8.78 Å². The number of alkyl halides is 2. The lowest BCUT2D eigenvalue weighted by Crippen LogP contribution is -2.52. The predicted molar refractivity (Wildman–Crippen MR) is 124 cm³/mol. The zero-order valence-corrected chi connectivity index (χ0v) is 18.9. The molecular formula is C22H15B3ClF2N3O4. The summed E-state index contributed by atoms with van der Waals surface area (Å²) in [5, 5.41) is 2.41. The van der Waals surface area contributed by atoms with Crippen molar-refractivity contribution in [2.45, 2.75) is 37.3 Å². The van der Waals surface area contributed by atoms with Gasteiger partial charge in [0.15, 0.2) is 0 Å². The molecule has 2 aromatic carbocycles. The fourth-order valence-corrected chi connectivity index (χ4v) is 4.25. The first-order valence-corrected chi connectivity index (χ1v) is 10.8. The third-order valence-corrected chi connectivity index (χ3v) is 6.31. The third kappa shape index (κ3) is 4.47. The Morgan fingerprint density at radius 1 is 1.20 bits per heavy atom.